The number of fused-ring (bicyclic) bond motifs is 1. The topological polar surface area (TPSA) is 132 Å². The molecule has 0 atom stereocenters. The van der Waals surface area contributed by atoms with Gasteiger partial charge in [-0.1, -0.05) is 42.5 Å². The highest BCUT2D eigenvalue weighted by molar-refractivity contribution is 5.94. The summed E-state index contributed by atoms with van der Waals surface area (Å²) in [6.45, 7) is 0.655. The highest BCUT2D eigenvalue weighted by atomic mass is 16.5. The van der Waals surface area contributed by atoms with Gasteiger partial charge in [-0.25, -0.2) is 15.4 Å². The van der Waals surface area contributed by atoms with Crippen molar-refractivity contribution >= 4 is 34.4 Å². The van der Waals surface area contributed by atoms with E-state index in [1.54, 1.807) is 12.1 Å². The molecule has 0 fully saturated rings. The lowest BCUT2D eigenvalue weighted by Crippen LogP contribution is -2.21. The molecule has 2 heterocycles. The van der Waals surface area contributed by atoms with E-state index < -0.39 is 5.91 Å². The SMILES string of the molecule is O=C(CCC(=O)Nc1ccc(-c2cc3c(NCc4ccccc4)ncnc3[nH]2)cc1)NO. The first-order valence-electron chi connectivity index (χ1n) is 10.1. The fraction of sp³-hybridized carbons (Fsp3) is 0.130. The molecule has 0 radical (unpaired) electrons. The average Bonchev–Trinajstić information content (AvgIpc) is 3.27. The third kappa shape index (κ3) is 5.08. The van der Waals surface area contributed by atoms with Crippen molar-refractivity contribution in [1.82, 2.24) is 20.4 Å². The van der Waals surface area contributed by atoms with Crippen LogP contribution in [0.15, 0.2) is 67.0 Å². The number of carbonyl (C=O) groups excluding carboxylic acids is 2. The summed E-state index contributed by atoms with van der Waals surface area (Å²) >= 11 is 0. The lowest BCUT2D eigenvalue weighted by atomic mass is 10.1. The smallest absolute Gasteiger partial charge is 0.243 e. The van der Waals surface area contributed by atoms with Gasteiger partial charge in [0.25, 0.3) is 0 Å². The van der Waals surface area contributed by atoms with Gasteiger partial charge in [0.1, 0.15) is 17.8 Å². The van der Waals surface area contributed by atoms with Crippen molar-refractivity contribution < 1.29 is 14.8 Å². The molecular formula is C23H22N6O3. The Morgan fingerprint density at radius 2 is 1.69 bits per heavy atom. The van der Waals surface area contributed by atoms with Gasteiger partial charge in [0, 0.05) is 30.8 Å². The number of rotatable bonds is 8. The summed E-state index contributed by atoms with van der Waals surface area (Å²) in [5, 5.41) is 15.5. The molecule has 5 N–H and O–H groups in total. The van der Waals surface area contributed by atoms with Gasteiger partial charge in [-0.15, -0.1) is 0 Å². The molecule has 9 heteroatoms. The van der Waals surface area contributed by atoms with Gasteiger partial charge < -0.3 is 15.6 Å². The van der Waals surface area contributed by atoms with Crippen LogP contribution in [-0.4, -0.2) is 32.0 Å². The highest BCUT2D eigenvalue weighted by Crippen LogP contribution is 2.28. The number of aromatic amines is 1. The van der Waals surface area contributed by atoms with Crippen LogP contribution in [0, 0.1) is 0 Å². The summed E-state index contributed by atoms with van der Waals surface area (Å²) in [6.07, 6.45) is 1.41. The average molecular weight is 430 g/mol. The molecule has 0 aliphatic carbocycles. The second kappa shape index (κ2) is 9.71. The van der Waals surface area contributed by atoms with Crippen molar-refractivity contribution in [2.45, 2.75) is 19.4 Å². The molecule has 2 aromatic carbocycles. The molecule has 0 aliphatic rings. The molecule has 2 amide bonds. The quantitative estimate of drug-likeness (QED) is 0.215. The van der Waals surface area contributed by atoms with Gasteiger partial charge in [0.05, 0.1) is 5.39 Å². The minimum Gasteiger partial charge on any atom is -0.365 e. The Balaban J connectivity index is 1.45. The number of amides is 2. The van der Waals surface area contributed by atoms with Gasteiger partial charge in [0.15, 0.2) is 0 Å². The molecule has 0 saturated heterocycles. The molecule has 32 heavy (non-hydrogen) atoms. The zero-order valence-corrected chi connectivity index (χ0v) is 17.1. The minimum absolute atomic E-state index is 0.0202. The third-order valence-electron chi connectivity index (χ3n) is 4.91. The summed E-state index contributed by atoms with van der Waals surface area (Å²) in [5.41, 5.74) is 5.80. The zero-order valence-electron chi connectivity index (χ0n) is 17.1. The molecule has 4 aromatic rings. The van der Waals surface area contributed by atoms with E-state index in [9.17, 15) is 9.59 Å². The molecule has 4 rings (SSSR count). The van der Waals surface area contributed by atoms with Crippen molar-refractivity contribution in [2.75, 3.05) is 10.6 Å². The van der Waals surface area contributed by atoms with Crippen LogP contribution < -0.4 is 16.1 Å². The van der Waals surface area contributed by atoms with E-state index in [1.807, 2.05) is 36.4 Å². The Kier molecular flexibility index (Phi) is 6.38. The van der Waals surface area contributed by atoms with E-state index in [4.69, 9.17) is 5.21 Å². The summed E-state index contributed by atoms with van der Waals surface area (Å²) in [6, 6.07) is 19.4. The molecule has 0 bridgehead atoms. The van der Waals surface area contributed by atoms with Crippen LogP contribution in [0.4, 0.5) is 11.5 Å². The third-order valence-corrected chi connectivity index (χ3v) is 4.91. The molecular weight excluding hydrogens is 408 g/mol. The molecule has 162 valence electrons. The van der Waals surface area contributed by atoms with E-state index in [0.29, 0.717) is 12.2 Å². The first-order chi connectivity index (χ1) is 15.6. The summed E-state index contributed by atoms with van der Waals surface area (Å²) in [4.78, 5) is 34.9. The van der Waals surface area contributed by atoms with Crippen molar-refractivity contribution in [3.63, 3.8) is 0 Å². The summed E-state index contributed by atoms with van der Waals surface area (Å²) < 4.78 is 0. The largest absolute Gasteiger partial charge is 0.365 e. The summed E-state index contributed by atoms with van der Waals surface area (Å²) in [5.74, 6) is -0.163. The highest BCUT2D eigenvalue weighted by Gasteiger charge is 2.10. The van der Waals surface area contributed by atoms with Crippen molar-refractivity contribution in [1.29, 1.82) is 0 Å². The molecule has 0 aliphatic heterocycles. The van der Waals surface area contributed by atoms with Crippen LogP contribution in [0.3, 0.4) is 0 Å². The van der Waals surface area contributed by atoms with Crippen LogP contribution in [-0.2, 0) is 16.1 Å². The predicted molar refractivity (Wildman–Crippen MR) is 121 cm³/mol. The fourth-order valence-corrected chi connectivity index (χ4v) is 3.26. The second-order valence-corrected chi connectivity index (χ2v) is 7.17. The predicted octanol–water partition coefficient (Wildman–Crippen LogP) is 3.46. The Bertz CT molecular complexity index is 1220. The zero-order chi connectivity index (χ0) is 22.3. The molecule has 0 saturated carbocycles. The van der Waals surface area contributed by atoms with E-state index in [-0.39, 0.29) is 18.7 Å². The molecule has 2 aromatic heterocycles. The minimum atomic E-state index is -0.602. The summed E-state index contributed by atoms with van der Waals surface area (Å²) in [7, 11) is 0. The second-order valence-electron chi connectivity index (χ2n) is 7.17. The number of benzene rings is 2. The maximum Gasteiger partial charge on any atom is 0.243 e. The van der Waals surface area contributed by atoms with Gasteiger partial charge in [-0.2, -0.15) is 0 Å². The Morgan fingerprint density at radius 1 is 0.938 bits per heavy atom. The first-order valence-corrected chi connectivity index (χ1v) is 10.1. The number of carbonyl (C=O) groups is 2. The molecule has 9 nitrogen and oxygen atoms in total. The normalized spacial score (nSPS) is 10.7. The molecule has 0 unspecified atom stereocenters. The number of H-pyrrole nitrogens is 1. The van der Waals surface area contributed by atoms with Crippen molar-refractivity contribution in [2.24, 2.45) is 0 Å². The van der Waals surface area contributed by atoms with E-state index in [1.165, 1.54) is 11.8 Å². The van der Waals surface area contributed by atoms with E-state index >= 15 is 0 Å². The van der Waals surface area contributed by atoms with Crippen molar-refractivity contribution in [3.8, 4) is 11.3 Å². The number of hydrogen-bond donors (Lipinski definition) is 5. The van der Waals surface area contributed by atoms with E-state index in [2.05, 4.69) is 37.7 Å². The number of hydroxylamine groups is 1. The fourth-order valence-electron chi connectivity index (χ4n) is 3.26. The Labute approximate surface area is 183 Å². The number of anilines is 2. The van der Waals surface area contributed by atoms with Crippen LogP contribution >= 0.6 is 0 Å². The number of hydrogen-bond acceptors (Lipinski definition) is 6. The van der Waals surface area contributed by atoms with E-state index in [0.717, 1.165) is 33.7 Å². The monoisotopic (exact) mass is 430 g/mol. The van der Waals surface area contributed by atoms with Gasteiger partial charge in [0.2, 0.25) is 11.8 Å². The number of aromatic nitrogens is 3. The maximum absolute atomic E-state index is 11.9. The van der Waals surface area contributed by atoms with Crippen molar-refractivity contribution in [3.05, 3.63) is 72.6 Å². The number of nitrogens with one attached hydrogen (secondary N) is 4. The standard InChI is InChI=1S/C23H22N6O3/c30-20(10-11-21(31)29-32)27-17-8-6-16(7-9-17)19-12-18-22(25-14-26-23(18)28-19)24-13-15-4-2-1-3-5-15/h1-9,12,14,32H,10-11,13H2,(H,27,30)(H,29,31)(H2,24,25,26,28). The maximum atomic E-state index is 11.9. The first kappa shape index (κ1) is 21.0. The van der Waals surface area contributed by atoms with Crippen LogP contribution in [0.5, 0.6) is 0 Å². The van der Waals surface area contributed by atoms with Crippen LogP contribution in [0.25, 0.3) is 22.3 Å². The van der Waals surface area contributed by atoms with Gasteiger partial charge >= 0.3 is 0 Å². The van der Waals surface area contributed by atoms with Crippen LogP contribution in [0.1, 0.15) is 18.4 Å². The van der Waals surface area contributed by atoms with Gasteiger partial charge in [-0.05, 0) is 29.3 Å². The Morgan fingerprint density at radius 3 is 2.44 bits per heavy atom. The molecule has 0 spiro atoms. The lowest BCUT2D eigenvalue weighted by molar-refractivity contribution is -0.131. The Hall–Kier alpha value is -4.24. The lowest BCUT2D eigenvalue weighted by Gasteiger charge is -2.06. The number of nitrogens with zero attached hydrogens (tertiary/aromatic N) is 2. The van der Waals surface area contributed by atoms with Crippen LogP contribution in [0.2, 0.25) is 0 Å². The van der Waals surface area contributed by atoms with Gasteiger partial charge in [-0.3, -0.25) is 14.8 Å².